The molecule has 0 amide bonds. The predicted molar refractivity (Wildman–Crippen MR) is 83.6 cm³/mol. The van der Waals surface area contributed by atoms with E-state index >= 15 is 0 Å². The largest absolute Gasteiger partial charge is 0.421 e. The first kappa shape index (κ1) is 19.0. The fourth-order valence-electron chi connectivity index (χ4n) is 2.68. The summed E-state index contributed by atoms with van der Waals surface area (Å²) in [7, 11) is 0. The maximum Gasteiger partial charge on any atom is 0.421 e. The van der Waals surface area contributed by atoms with Crippen LogP contribution in [0, 0.1) is 0 Å². The van der Waals surface area contributed by atoms with Crippen LogP contribution >= 0.6 is 0 Å². The molecule has 0 spiro atoms. The quantitative estimate of drug-likeness (QED) is 0.527. The zero-order chi connectivity index (χ0) is 16.5. The average molecular weight is 316 g/mol. The summed E-state index contributed by atoms with van der Waals surface area (Å²) in [4.78, 5) is 0. The second-order valence-corrected chi connectivity index (χ2v) is 5.95. The lowest BCUT2D eigenvalue weighted by Crippen LogP contribution is -2.42. The molecule has 0 aromatic heterocycles. The van der Waals surface area contributed by atoms with Gasteiger partial charge in [0.25, 0.3) is 0 Å². The zero-order valence-electron chi connectivity index (χ0n) is 13.3. The molecule has 0 aliphatic carbocycles. The first-order chi connectivity index (χ1) is 10.4. The van der Waals surface area contributed by atoms with Gasteiger partial charge in [0.2, 0.25) is 0 Å². The van der Waals surface area contributed by atoms with Gasteiger partial charge in [0, 0.05) is 0 Å². The van der Waals surface area contributed by atoms with Crippen molar-refractivity contribution < 1.29 is 18.3 Å². The van der Waals surface area contributed by atoms with Gasteiger partial charge < -0.3 is 5.11 Å². The van der Waals surface area contributed by atoms with Crippen LogP contribution in [0.4, 0.5) is 13.2 Å². The van der Waals surface area contributed by atoms with Crippen LogP contribution in [-0.4, -0.2) is 11.3 Å². The molecule has 0 radical (unpaired) electrons. The van der Waals surface area contributed by atoms with Crippen molar-refractivity contribution in [1.82, 2.24) is 0 Å². The fraction of sp³-hybridized carbons (Fsp3) is 0.667. The molecule has 0 bridgehead atoms. The van der Waals surface area contributed by atoms with Crippen molar-refractivity contribution in [3.05, 3.63) is 35.9 Å². The monoisotopic (exact) mass is 316 g/mol. The van der Waals surface area contributed by atoms with E-state index in [1.54, 1.807) is 6.07 Å². The summed E-state index contributed by atoms with van der Waals surface area (Å²) in [6.45, 7) is 2.15. The van der Waals surface area contributed by atoms with Crippen molar-refractivity contribution in [3.63, 3.8) is 0 Å². The molecule has 1 atom stereocenters. The molecule has 0 saturated heterocycles. The van der Waals surface area contributed by atoms with Crippen molar-refractivity contribution >= 4 is 0 Å². The van der Waals surface area contributed by atoms with Crippen LogP contribution in [0.3, 0.4) is 0 Å². The topological polar surface area (TPSA) is 20.2 Å². The molecule has 0 fully saturated rings. The number of unbranched alkanes of at least 4 members (excludes halogenated alkanes) is 7. The molecule has 22 heavy (non-hydrogen) atoms. The summed E-state index contributed by atoms with van der Waals surface area (Å²) >= 11 is 0. The third-order valence-corrected chi connectivity index (χ3v) is 4.11. The van der Waals surface area contributed by atoms with Gasteiger partial charge in [-0.3, -0.25) is 0 Å². The van der Waals surface area contributed by atoms with Crippen LogP contribution in [0.1, 0.15) is 70.3 Å². The SMILES string of the molecule is CCCCCCCCCCC(O)(c1ccccc1)C(F)(F)F. The van der Waals surface area contributed by atoms with E-state index < -0.39 is 11.8 Å². The molecule has 0 aliphatic heterocycles. The number of rotatable bonds is 10. The number of aliphatic hydroxyl groups is 1. The molecule has 1 rings (SSSR count). The summed E-state index contributed by atoms with van der Waals surface area (Å²) in [5.74, 6) is 0. The number of benzene rings is 1. The third-order valence-electron chi connectivity index (χ3n) is 4.11. The van der Waals surface area contributed by atoms with Crippen molar-refractivity contribution in [2.24, 2.45) is 0 Å². The van der Waals surface area contributed by atoms with Gasteiger partial charge in [0.15, 0.2) is 5.60 Å². The average Bonchev–Trinajstić information content (AvgIpc) is 2.49. The first-order valence-electron chi connectivity index (χ1n) is 8.26. The molecule has 0 heterocycles. The summed E-state index contributed by atoms with van der Waals surface area (Å²) in [5.41, 5.74) is -2.79. The van der Waals surface area contributed by atoms with Crippen molar-refractivity contribution in [2.75, 3.05) is 0 Å². The Kier molecular flexibility index (Phi) is 7.94. The molecule has 1 nitrogen and oxygen atoms in total. The first-order valence-corrected chi connectivity index (χ1v) is 8.26. The molecule has 0 aliphatic rings. The summed E-state index contributed by atoms with van der Waals surface area (Å²) in [6.07, 6.45) is 2.98. The van der Waals surface area contributed by atoms with Crippen LogP contribution in [-0.2, 0) is 5.60 Å². The molecule has 1 N–H and O–H groups in total. The van der Waals surface area contributed by atoms with Crippen molar-refractivity contribution in [2.45, 2.75) is 76.5 Å². The lowest BCUT2D eigenvalue weighted by molar-refractivity contribution is -0.269. The van der Waals surface area contributed by atoms with Crippen LogP contribution in [0.25, 0.3) is 0 Å². The van der Waals surface area contributed by atoms with Crippen LogP contribution in [0.15, 0.2) is 30.3 Å². The minimum absolute atomic E-state index is 0.0644. The lowest BCUT2D eigenvalue weighted by Gasteiger charge is -2.31. The highest BCUT2D eigenvalue weighted by atomic mass is 19.4. The van der Waals surface area contributed by atoms with E-state index in [9.17, 15) is 18.3 Å². The van der Waals surface area contributed by atoms with Gasteiger partial charge in [-0.05, 0) is 18.4 Å². The van der Waals surface area contributed by atoms with Gasteiger partial charge in [-0.1, -0.05) is 82.2 Å². The highest BCUT2D eigenvalue weighted by Gasteiger charge is 2.54. The summed E-state index contributed by atoms with van der Waals surface area (Å²) in [5, 5.41) is 10.2. The van der Waals surface area contributed by atoms with Crippen molar-refractivity contribution in [3.8, 4) is 0 Å². The maximum absolute atomic E-state index is 13.3. The second kappa shape index (κ2) is 9.19. The molecule has 4 heteroatoms. The Morgan fingerprint density at radius 3 is 1.82 bits per heavy atom. The Bertz CT molecular complexity index is 403. The minimum atomic E-state index is -4.64. The van der Waals surface area contributed by atoms with Gasteiger partial charge in [0.05, 0.1) is 0 Å². The van der Waals surface area contributed by atoms with Gasteiger partial charge in [-0.15, -0.1) is 0 Å². The molecule has 0 saturated carbocycles. The van der Waals surface area contributed by atoms with Crippen LogP contribution in [0.2, 0.25) is 0 Å². The summed E-state index contributed by atoms with van der Waals surface area (Å²) in [6, 6.07) is 7.40. The molecule has 126 valence electrons. The highest BCUT2D eigenvalue weighted by Crippen LogP contribution is 2.42. The van der Waals surface area contributed by atoms with Crippen molar-refractivity contribution in [1.29, 1.82) is 0 Å². The van der Waals surface area contributed by atoms with Crippen LogP contribution in [0.5, 0.6) is 0 Å². The van der Waals surface area contributed by atoms with E-state index in [1.807, 2.05) is 0 Å². The number of hydrogen-bond donors (Lipinski definition) is 1. The van der Waals surface area contributed by atoms with E-state index in [4.69, 9.17) is 0 Å². The molecular formula is C18H27F3O. The smallest absolute Gasteiger partial charge is 0.376 e. The van der Waals surface area contributed by atoms with Crippen LogP contribution < -0.4 is 0 Å². The molecule has 1 aromatic rings. The number of hydrogen-bond acceptors (Lipinski definition) is 1. The Morgan fingerprint density at radius 2 is 1.32 bits per heavy atom. The van der Waals surface area contributed by atoms with Gasteiger partial charge in [-0.2, -0.15) is 13.2 Å². The van der Waals surface area contributed by atoms with Gasteiger partial charge in [-0.25, -0.2) is 0 Å². The van der Waals surface area contributed by atoms with E-state index in [2.05, 4.69) is 6.92 Å². The zero-order valence-corrected chi connectivity index (χ0v) is 13.3. The van der Waals surface area contributed by atoms with E-state index in [-0.39, 0.29) is 12.0 Å². The summed E-state index contributed by atoms with van der Waals surface area (Å²) < 4.78 is 39.8. The third kappa shape index (κ3) is 5.64. The standard InChI is InChI=1S/C18H27F3O/c1-2-3-4-5-6-7-8-12-15-17(22,18(19,20)21)16-13-10-9-11-14-16/h9-11,13-14,22H,2-8,12,15H2,1H3. The molecule has 1 unspecified atom stereocenters. The Morgan fingerprint density at radius 1 is 0.818 bits per heavy atom. The maximum atomic E-state index is 13.3. The Labute approximate surface area is 131 Å². The van der Waals surface area contributed by atoms with E-state index in [1.165, 1.54) is 43.5 Å². The predicted octanol–water partition coefficient (Wildman–Crippen LogP) is 5.97. The number of alkyl halides is 3. The number of halogens is 3. The molecular weight excluding hydrogens is 289 g/mol. The van der Waals surface area contributed by atoms with Gasteiger partial charge in [0.1, 0.15) is 0 Å². The van der Waals surface area contributed by atoms with E-state index in [0.717, 1.165) is 25.7 Å². The molecule has 1 aromatic carbocycles. The van der Waals surface area contributed by atoms with E-state index in [0.29, 0.717) is 6.42 Å². The Balaban J connectivity index is 2.44. The minimum Gasteiger partial charge on any atom is -0.376 e. The lowest BCUT2D eigenvalue weighted by atomic mass is 9.87. The fourth-order valence-corrected chi connectivity index (χ4v) is 2.68. The Hall–Kier alpha value is -1.03. The highest BCUT2D eigenvalue weighted by molar-refractivity contribution is 5.24. The second-order valence-electron chi connectivity index (χ2n) is 5.95. The normalized spacial score (nSPS) is 14.8. The van der Waals surface area contributed by atoms with Gasteiger partial charge >= 0.3 is 6.18 Å².